The SMILES string of the molecule is OCC(CSc1ccc(F)c(F)c1)NC1CC1. The molecule has 0 spiro atoms. The first-order valence-corrected chi connectivity index (χ1v) is 6.62. The monoisotopic (exact) mass is 259 g/mol. The average molecular weight is 259 g/mol. The Morgan fingerprint density at radius 1 is 1.35 bits per heavy atom. The summed E-state index contributed by atoms with van der Waals surface area (Å²) in [6.07, 6.45) is 2.32. The molecule has 0 heterocycles. The molecule has 17 heavy (non-hydrogen) atoms. The number of nitrogens with one attached hydrogen (secondary N) is 1. The molecule has 2 nitrogen and oxygen atoms in total. The number of aliphatic hydroxyl groups is 1. The first kappa shape index (κ1) is 12.8. The maximum absolute atomic E-state index is 13.0. The highest BCUT2D eigenvalue weighted by molar-refractivity contribution is 7.99. The topological polar surface area (TPSA) is 32.3 Å². The molecule has 0 bridgehead atoms. The molecule has 1 aromatic rings. The molecule has 0 radical (unpaired) electrons. The predicted octanol–water partition coefficient (Wildman–Crippen LogP) is 2.17. The molecule has 1 fully saturated rings. The molecule has 1 aliphatic carbocycles. The quantitative estimate of drug-likeness (QED) is 0.768. The van der Waals surface area contributed by atoms with Gasteiger partial charge in [0.25, 0.3) is 0 Å². The van der Waals surface area contributed by atoms with E-state index < -0.39 is 11.6 Å². The fourth-order valence-electron chi connectivity index (χ4n) is 1.50. The second kappa shape index (κ2) is 5.80. The zero-order valence-corrected chi connectivity index (χ0v) is 10.1. The van der Waals surface area contributed by atoms with E-state index in [0.717, 1.165) is 18.9 Å². The molecule has 0 saturated heterocycles. The van der Waals surface area contributed by atoms with E-state index in [4.69, 9.17) is 5.11 Å². The van der Waals surface area contributed by atoms with Crippen LogP contribution in [0, 0.1) is 11.6 Å². The minimum absolute atomic E-state index is 0.0145. The Morgan fingerprint density at radius 2 is 2.12 bits per heavy atom. The molecular formula is C12H15F2NOS. The number of hydrogen-bond acceptors (Lipinski definition) is 3. The van der Waals surface area contributed by atoms with Gasteiger partial charge in [0.2, 0.25) is 0 Å². The van der Waals surface area contributed by atoms with Gasteiger partial charge >= 0.3 is 0 Å². The van der Waals surface area contributed by atoms with Crippen molar-refractivity contribution < 1.29 is 13.9 Å². The number of thioether (sulfide) groups is 1. The number of hydrogen-bond donors (Lipinski definition) is 2. The van der Waals surface area contributed by atoms with E-state index in [2.05, 4.69) is 5.32 Å². The van der Waals surface area contributed by atoms with E-state index in [1.807, 2.05) is 0 Å². The number of rotatable bonds is 6. The Hall–Kier alpha value is -0.650. The minimum Gasteiger partial charge on any atom is -0.395 e. The zero-order valence-electron chi connectivity index (χ0n) is 9.33. The zero-order chi connectivity index (χ0) is 12.3. The van der Waals surface area contributed by atoms with Crippen molar-refractivity contribution >= 4 is 11.8 Å². The molecule has 1 unspecified atom stereocenters. The molecule has 2 rings (SSSR count). The van der Waals surface area contributed by atoms with Crippen LogP contribution in [0.25, 0.3) is 0 Å². The third kappa shape index (κ3) is 3.94. The standard InChI is InChI=1S/C12H15F2NOS/c13-11-4-3-10(5-12(11)14)17-7-9(6-16)15-8-1-2-8/h3-5,8-9,15-16H,1-2,6-7H2. The lowest BCUT2D eigenvalue weighted by molar-refractivity contribution is 0.253. The maximum Gasteiger partial charge on any atom is 0.159 e. The van der Waals surface area contributed by atoms with Gasteiger partial charge in [-0.25, -0.2) is 8.78 Å². The van der Waals surface area contributed by atoms with E-state index in [9.17, 15) is 8.78 Å². The van der Waals surface area contributed by atoms with Crippen LogP contribution in [0.4, 0.5) is 8.78 Å². The third-order valence-electron chi connectivity index (χ3n) is 2.61. The van der Waals surface area contributed by atoms with Gasteiger partial charge in [0.15, 0.2) is 11.6 Å². The first-order chi connectivity index (χ1) is 8.19. The van der Waals surface area contributed by atoms with Gasteiger partial charge in [-0.1, -0.05) is 0 Å². The van der Waals surface area contributed by atoms with E-state index in [1.54, 1.807) is 6.07 Å². The highest BCUT2D eigenvalue weighted by Crippen LogP contribution is 2.23. The van der Waals surface area contributed by atoms with Crippen LogP contribution in [0.1, 0.15) is 12.8 Å². The fourth-order valence-corrected chi connectivity index (χ4v) is 2.45. The summed E-state index contributed by atoms with van der Waals surface area (Å²) in [6.45, 7) is 0.0627. The van der Waals surface area contributed by atoms with Gasteiger partial charge < -0.3 is 10.4 Å². The Kier molecular flexibility index (Phi) is 4.36. The van der Waals surface area contributed by atoms with Crippen molar-refractivity contribution in [3.63, 3.8) is 0 Å². The minimum atomic E-state index is -0.829. The van der Waals surface area contributed by atoms with Gasteiger partial charge in [0.05, 0.1) is 6.61 Å². The van der Waals surface area contributed by atoms with E-state index in [-0.39, 0.29) is 12.6 Å². The van der Waals surface area contributed by atoms with Crippen molar-refractivity contribution in [3.05, 3.63) is 29.8 Å². The predicted molar refractivity (Wildman–Crippen MR) is 64.1 cm³/mol. The molecule has 2 N–H and O–H groups in total. The van der Waals surface area contributed by atoms with Crippen molar-refractivity contribution in [3.8, 4) is 0 Å². The van der Waals surface area contributed by atoms with Crippen LogP contribution < -0.4 is 5.32 Å². The van der Waals surface area contributed by atoms with Gasteiger partial charge in [-0.15, -0.1) is 11.8 Å². The molecule has 94 valence electrons. The normalized spacial score (nSPS) is 17.1. The summed E-state index contributed by atoms with van der Waals surface area (Å²) in [6, 6.07) is 4.40. The lowest BCUT2D eigenvalue weighted by Gasteiger charge is -2.15. The fraction of sp³-hybridized carbons (Fsp3) is 0.500. The van der Waals surface area contributed by atoms with Crippen molar-refractivity contribution in [1.82, 2.24) is 5.32 Å². The summed E-state index contributed by atoms with van der Waals surface area (Å²) in [5.41, 5.74) is 0. The molecular weight excluding hydrogens is 244 g/mol. The van der Waals surface area contributed by atoms with Crippen LogP contribution in [0.15, 0.2) is 23.1 Å². The molecule has 1 aromatic carbocycles. The summed E-state index contributed by atoms with van der Waals surface area (Å²) >= 11 is 1.42. The van der Waals surface area contributed by atoms with Crippen molar-refractivity contribution in [2.24, 2.45) is 0 Å². The van der Waals surface area contributed by atoms with Crippen molar-refractivity contribution in [1.29, 1.82) is 0 Å². The largest absolute Gasteiger partial charge is 0.395 e. The number of benzene rings is 1. The lowest BCUT2D eigenvalue weighted by Crippen LogP contribution is -2.36. The second-order valence-electron chi connectivity index (χ2n) is 4.21. The van der Waals surface area contributed by atoms with Gasteiger partial charge in [0, 0.05) is 22.7 Å². The number of aliphatic hydroxyl groups excluding tert-OH is 1. The first-order valence-electron chi connectivity index (χ1n) is 5.64. The van der Waals surface area contributed by atoms with Crippen LogP contribution >= 0.6 is 11.8 Å². The van der Waals surface area contributed by atoms with E-state index >= 15 is 0 Å². The van der Waals surface area contributed by atoms with E-state index in [1.165, 1.54) is 17.8 Å². The van der Waals surface area contributed by atoms with Gasteiger partial charge in [0.1, 0.15) is 0 Å². The van der Waals surface area contributed by atoms with Gasteiger partial charge in [-0.3, -0.25) is 0 Å². The van der Waals surface area contributed by atoms with Crippen molar-refractivity contribution in [2.45, 2.75) is 29.8 Å². The molecule has 0 aliphatic heterocycles. The molecule has 0 amide bonds. The van der Waals surface area contributed by atoms with E-state index in [0.29, 0.717) is 16.7 Å². The molecule has 5 heteroatoms. The summed E-state index contributed by atoms with van der Waals surface area (Å²) in [7, 11) is 0. The summed E-state index contributed by atoms with van der Waals surface area (Å²) in [5, 5.41) is 12.5. The lowest BCUT2D eigenvalue weighted by atomic mass is 10.3. The highest BCUT2D eigenvalue weighted by atomic mass is 32.2. The smallest absolute Gasteiger partial charge is 0.159 e. The molecule has 1 saturated carbocycles. The Labute approximate surface area is 103 Å². The molecule has 1 atom stereocenters. The van der Waals surface area contributed by atoms with Crippen LogP contribution in [-0.4, -0.2) is 29.5 Å². The average Bonchev–Trinajstić information content (AvgIpc) is 3.12. The maximum atomic E-state index is 13.0. The van der Waals surface area contributed by atoms with Crippen LogP contribution in [-0.2, 0) is 0 Å². The van der Waals surface area contributed by atoms with Gasteiger partial charge in [-0.05, 0) is 31.0 Å². The van der Waals surface area contributed by atoms with Crippen LogP contribution in [0.2, 0.25) is 0 Å². The molecule has 0 aromatic heterocycles. The van der Waals surface area contributed by atoms with Gasteiger partial charge in [-0.2, -0.15) is 0 Å². The number of halogens is 2. The van der Waals surface area contributed by atoms with Crippen molar-refractivity contribution in [2.75, 3.05) is 12.4 Å². The Bertz CT molecular complexity index is 385. The Morgan fingerprint density at radius 3 is 2.71 bits per heavy atom. The highest BCUT2D eigenvalue weighted by Gasteiger charge is 2.24. The Balaban J connectivity index is 1.84. The summed E-state index contributed by atoms with van der Waals surface area (Å²) < 4.78 is 25.7. The van der Waals surface area contributed by atoms with Crippen LogP contribution in [0.3, 0.4) is 0 Å². The van der Waals surface area contributed by atoms with Crippen LogP contribution in [0.5, 0.6) is 0 Å². The third-order valence-corrected chi connectivity index (χ3v) is 3.77. The second-order valence-corrected chi connectivity index (χ2v) is 5.30. The molecule has 1 aliphatic rings. The summed E-state index contributed by atoms with van der Waals surface area (Å²) in [4.78, 5) is 0.681. The summed E-state index contributed by atoms with van der Waals surface area (Å²) in [5.74, 6) is -1.01.